The maximum atomic E-state index is 16.1. The number of amides is 5. The number of rotatable bonds is 15. The Balaban J connectivity index is 0.701. The number of fused-ring (bicyclic) bond motifs is 2. The average Bonchev–Trinajstić information content (AvgIpc) is 4.12. The molecule has 5 aromatic rings. The summed E-state index contributed by atoms with van der Waals surface area (Å²) in [4.78, 5) is 75.1. The van der Waals surface area contributed by atoms with Gasteiger partial charge in [0.15, 0.2) is 0 Å². The topological polar surface area (TPSA) is 178 Å². The van der Waals surface area contributed by atoms with E-state index in [0.717, 1.165) is 43.7 Å². The molecule has 0 spiro atoms. The maximum Gasteiger partial charge on any atom is 0.322 e. The molecule has 10 rings (SSSR count). The summed E-state index contributed by atoms with van der Waals surface area (Å²) in [6.45, 7) is 3.53. The van der Waals surface area contributed by atoms with Gasteiger partial charge in [0.2, 0.25) is 23.6 Å². The molecule has 19 heteroatoms. The molecule has 1 aliphatic carbocycles. The molecule has 3 saturated heterocycles. The van der Waals surface area contributed by atoms with E-state index in [0.29, 0.717) is 89.7 Å². The number of alkyl halides is 2. The molecule has 1 atom stereocenters. The van der Waals surface area contributed by atoms with E-state index < -0.39 is 47.6 Å². The largest absolute Gasteiger partial charge is 0.495 e. The molecule has 5 aliphatic rings. The van der Waals surface area contributed by atoms with Crippen molar-refractivity contribution in [2.24, 2.45) is 11.3 Å². The Hall–Kier alpha value is -7.25. The number of nitrogens with zero attached hydrogens (tertiary/aromatic N) is 5. The number of likely N-dealkylation sites (tertiary alicyclic amines) is 1. The van der Waals surface area contributed by atoms with Crippen LogP contribution in [0.3, 0.4) is 0 Å². The highest BCUT2D eigenvalue weighted by Crippen LogP contribution is 2.48. The Morgan fingerprint density at radius 3 is 2.25 bits per heavy atom. The van der Waals surface area contributed by atoms with Crippen LogP contribution < -0.4 is 35.6 Å². The fourth-order valence-corrected chi connectivity index (χ4v) is 10.1. The summed E-state index contributed by atoms with van der Waals surface area (Å²) in [5.74, 6) is -0.869. The van der Waals surface area contributed by atoms with Crippen LogP contribution in [0.2, 0.25) is 0 Å². The minimum Gasteiger partial charge on any atom is -0.495 e. The molecule has 5 heterocycles. The van der Waals surface area contributed by atoms with Crippen LogP contribution in [0.15, 0.2) is 91.1 Å². The van der Waals surface area contributed by atoms with E-state index in [1.54, 1.807) is 64.5 Å². The van der Waals surface area contributed by atoms with Crippen molar-refractivity contribution in [3.8, 4) is 17.2 Å². The second-order valence-corrected chi connectivity index (χ2v) is 19.0. The van der Waals surface area contributed by atoms with Gasteiger partial charge in [-0.15, -0.1) is 0 Å². The summed E-state index contributed by atoms with van der Waals surface area (Å²) in [5.41, 5.74) is 2.91. The zero-order valence-electron chi connectivity index (χ0n) is 39.1. The molecule has 0 bridgehead atoms. The van der Waals surface area contributed by atoms with Crippen molar-refractivity contribution in [1.29, 1.82) is 0 Å². The van der Waals surface area contributed by atoms with Gasteiger partial charge < -0.3 is 40.1 Å². The minimum absolute atomic E-state index is 0.120. The van der Waals surface area contributed by atoms with Gasteiger partial charge in [-0.05, 0) is 130 Å². The number of piperidine rings is 2. The van der Waals surface area contributed by atoms with Crippen molar-refractivity contribution in [1.82, 2.24) is 25.0 Å². The second kappa shape index (κ2) is 19.5. The normalized spacial score (nSPS) is 20.1. The lowest BCUT2D eigenvalue weighted by Gasteiger charge is -2.44. The lowest BCUT2D eigenvalue weighted by molar-refractivity contribution is -0.155. The Morgan fingerprint density at radius 2 is 1.58 bits per heavy atom. The van der Waals surface area contributed by atoms with Crippen LogP contribution in [0.1, 0.15) is 54.4 Å². The lowest BCUT2D eigenvalue weighted by atomic mass is 9.95. The number of carbonyl (C=O) groups is 5. The zero-order chi connectivity index (χ0) is 49.4. The van der Waals surface area contributed by atoms with Gasteiger partial charge >= 0.3 is 6.05 Å². The number of methoxy groups -OCH3 is 1. The third kappa shape index (κ3) is 9.93. The fraction of sp³-hybridized carbons (Fsp3) is 0.385. The number of carbonyl (C=O) groups excluding carboxylic acids is 5. The van der Waals surface area contributed by atoms with Gasteiger partial charge in [0.25, 0.3) is 5.91 Å². The van der Waals surface area contributed by atoms with Gasteiger partial charge in [0.05, 0.1) is 24.9 Å². The van der Waals surface area contributed by atoms with E-state index in [4.69, 9.17) is 9.47 Å². The number of ether oxygens (including phenoxy) is 2. The van der Waals surface area contributed by atoms with Crippen LogP contribution in [0.5, 0.6) is 17.2 Å². The highest BCUT2D eigenvalue weighted by atomic mass is 19.3. The number of benzene rings is 4. The molecule has 5 amide bonds. The predicted octanol–water partition coefficient (Wildman–Crippen LogP) is 6.83. The SMILES string of the molecule is COc1cc2c(Oc3ccc(NC(=O)C4(C(=O)Nc5ccc(F)cc5)CC4)cc3)ccnc2cc1N1CCN(CC2CCN(CCNc3cccc4c3CN([C@H]3CCC(=O)NC3=O)C4=O)CC2)C(F)(F)C1. The van der Waals surface area contributed by atoms with Crippen LogP contribution >= 0.6 is 0 Å². The quantitative estimate of drug-likeness (QED) is 0.0489. The van der Waals surface area contributed by atoms with Gasteiger partial charge in [-0.1, -0.05) is 6.07 Å². The predicted molar refractivity (Wildman–Crippen MR) is 259 cm³/mol. The van der Waals surface area contributed by atoms with Crippen molar-refractivity contribution in [2.75, 3.05) is 80.3 Å². The van der Waals surface area contributed by atoms with E-state index in [1.165, 1.54) is 36.3 Å². The third-order valence-electron chi connectivity index (χ3n) is 14.4. The molecule has 4 aromatic carbocycles. The zero-order valence-corrected chi connectivity index (χ0v) is 39.1. The van der Waals surface area contributed by atoms with E-state index in [2.05, 4.69) is 31.2 Å². The number of nitrogens with one attached hydrogen (secondary N) is 4. The highest BCUT2D eigenvalue weighted by molar-refractivity contribution is 6.17. The molecule has 16 nitrogen and oxygen atoms in total. The molecule has 4 aliphatic heterocycles. The average molecular weight is 974 g/mol. The van der Waals surface area contributed by atoms with Crippen LogP contribution in [0, 0.1) is 17.2 Å². The van der Waals surface area contributed by atoms with Crippen molar-refractivity contribution in [3.05, 3.63) is 108 Å². The molecule has 0 radical (unpaired) electrons. The van der Waals surface area contributed by atoms with Crippen LogP contribution in [-0.2, 0) is 25.7 Å². The van der Waals surface area contributed by atoms with Crippen LogP contribution in [0.4, 0.5) is 35.9 Å². The molecule has 71 heavy (non-hydrogen) atoms. The molecule has 370 valence electrons. The monoisotopic (exact) mass is 973 g/mol. The summed E-state index contributed by atoms with van der Waals surface area (Å²) in [6, 6.07) is 19.0. The Morgan fingerprint density at radius 1 is 0.859 bits per heavy atom. The van der Waals surface area contributed by atoms with Gasteiger partial charge in [0.1, 0.15) is 34.5 Å². The molecule has 0 unspecified atom stereocenters. The summed E-state index contributed by atoms with van der Waals surface area (Å²) in [6.07, 6.45) is 4.45. The van der Waals surface area contributed by atoms with Gasteiger partial charge in [-0.25, -0.2) is 9.29 Å². The van der Waals surface area contributed by atoms with Crippen molar-refractivity contribution < 1.29 is 46.6 Å². The molecular weight excluding hydrogens is 920 g/mol. The number of halogens is 3. The standard InChI is InChI=1S/C52H54F3N9O7/c1-70-45-27-38-41(56-20-15-44(38)71-36-11-9-35(10-12-36)59-50(69)51(18-19-51)49(68)58-34-7-5-33(53)6-8-34)28-43(45)62-25-26-63(52(54,55)31-62)29-32-16-22-61(23-17-32)24-21-57-40-4-2-3-37-39(40)30-64(48(37)67)42-13-14-46(65)60-47(42)66/h2-12,15,20,27-28,32,42,57H,13-14,16-19,21-26,29-31H2,1H3,(H,58,68)(H,59,69)(H,60,65,66)/t42-/m0/s1. The van der Waals surface area contributed by atoms with Crippen molar-refractivity contribution >= 4 is 63.2 Å². The third-order valence-corrected chi connectivity index (χ3v) is 14.4. The summed E-state index contributed by atoms with van der Waals surface area (Å²) >= 11 is 0. The number of hydrogen-bond donors (Lipinski definition) is 4. The van der Waals surface area contributed by atoms with Crippen LogP contribution in [-0.4, -0.2) is 121 Å². The fourth-order valence-electron chi connectivity index (χ4n) is 10.1. The Bertz CT molecular complexity index is 2870. The molecule has 4 fully saturated rings. The first kappa shape index (κ1) is 47.4. The van der Waals surface area contributed by atoms with E-state index in [9.17, 15) is 28.4 Å². The second-order valence-electron chi connectivity index (χ2n) is 19.0. The number of piperazine rings is 1. The first-order chi connectivity index (χ1) is 34.3. The van der Waals surface area contributed by atoms with Gasteiger partial charge in [0, 0.05) is 85.5 Å². The number of aromatic nitrogens is 1. The van der Waals surface area contributed by atoms with Gasteiger partial charge in [-0.3, -0.25) is 34.3 Å². The number of pyridine rings is 1. The maximum absolute atomic E-state index is 16.1. The Kier molecular flexibility index (Phi) is 13.0. The van der Waals surface area contributed by atoms with E-state index in [-0.39, 0.29) is 37.2 Å². The van der Waals surface area contributed by atoms with E-state index >= 15 is 8.78 Å². The summed E-state index contributed by atoms with van der Waals surface area (Å²) < 4.78 is 57.5. The minimum atomic E-state index is -3.09. The summed E-state index contributed by atoms with van der Waals surface area (Å²) in [5, 5.41) is 12.0. The van der Waals surface area contributed by atoms with Gasteiger partial charge in [-0.2, -0.15) is 8.78 Å². The van der Waals surface area contributed by atoms with Crippen molar-refractivity contribution in [3.63, 3.8) is 0 Å². The summed E-state index contributed by atoms with van der Waals surface area (Å²) in [7, 11) is 1.50. The van der Waals surface area contributed by atoms with Crippen LogP contribution in [0.25, 0.3) is 10.9 Å². The highest BCUT2D eigenvalue weighted by Gasteiger charge is 2.56. The lowest BCUT2D eigenvalue weighted by Crippen LogP contribution is -2.59. The first-order valence-corrected chi connectivity index (χ1v) is 24.0. The number of anilines is 4. The number of hydrogen-bond acceptors (Lipinski definition) is 12. The molecule has 1 aromatic heterocycles. The Labute approximate surface area is 407 Å². The molecular formula is C52H54F3N9O7. The first-order valence-electron chi connectivity index (χ1n) is 24.0. The van der Waals surface area contributed by atoms with Crippen molar-refractivity contribution in [2.45, 2.75) is 57.2 Å². The van der Waals surface area contributed by atoms with E-state index in [1.807, 2.05) is 12.1 Å². The molecule has 1 saturated carbocycles. The number of imide groups is 1. The molecule has 4 N–H and O–H groups in total. The smallest absolute Gasteiger partial charge is 0.322 e.